The van der Waals surface area contributed by atoms with E-state index in [4.69, 9.17) is 5.10 Å². The number of hydrazone groups is 1. The van der Waals surface area contributed by atoms with Gasteiger partial charge in [0.15, 0.2) is 11.0 Å². The van der Waals surface area contributed by atoms with Gasteiger partial charge in [-0.1, -0.05) is 65.9 Å². The number of nitrogens with zero attached hydrogens (tertiary/aromatic N) is 5. The van der Waals surface area contributed by atoms with E-state index >= 15 is 0 Å². The molecule has 1 aliphatic heterocycles. The Morgan fingerprint density at radius 2 is 1.81 bits per heavy atom. The van der Waals surface area contributed by atoms with Crippen LogP contribution in [0.3, 0.4) is 0 Å². The van der Waals surface area contributed by atoms with Crippen LogP contribution in [0.5, 0.6) is 0 Å². The van der Waals surface area contributed by atoms with Crippen LogP contribution in [0.1, 0.15) is 44.6 Å². The zero-order valence-corrected chi connectivity index (χ0v) is 24.8. The van der Waals surface area contributed by atoms with Gasteiger partial charge in [-0.25, -0.2) is 9.40 Å². The molecule has 216 valence electrons. The molecular formula is C32H27FN6O2S2. The number of aryl methyl sites for hydroxylation is 1. The van der Waals surface area contributed by atoms with Crippen LogP contribution in [0.4, 0.5) is 4.39 Å². The molecule has 11 heteroatoms. The van der Waals surface area contributed by atoms with Crippen molar-refractivity contribution in [3.8, 4) is 5.69 Å². The predicted molar refractivity (Wildman–Crippen MR) is 166 cm³/mol. The average molecular weight is 611 g/mol. The molecule has 1 unspecified atom stereocenters. The molecule has 5 aromatic rings. The number of halogens is 1. The van der Waals surface area contributed by atoms with Crippen molar-refractivity contribution < 1.29 is 14.0 Å². The third-order valence-corrected chi connectivity index (χ3v) is 8.79. The highest BCUT2D eigenvalue weighted by Gasteiger charge is 2.33. The number of rotatable bonds is 9. The maximum atomic E-state index is 13.7. The average Bonchev–Trinajstić information content (AvgIpc) is 3.80. The first kappa shape index (κ1) is 28.5. The minimum absolute atomic E-state index is 0.0551. The number of carbonyl (C=O) groups excluding carboxylic acids is 2. The lowest BCUT2D eigenvalue weighted by Gasteiger charge is -2.22. The molecule has 1 atom stereocenters. The molecule has 0 aliphatic carbocycles. The molecule has 3 aromatic carbocycles. The minimum atomic E-state index is -0.342. The van der Waals surface area contributed by atoms with E-state index in [0.717, 1.165) is 27.4 Å². The van der Waals surface area contributed by atoms with Crippen molar-refractivity contribution in [1.82, 2.24) is 25.1 Å². The number of benzene rings is 3. The smallest absolute Gasteiger partial charge is 0.253 e. The Hall–Kier alpha value is -4.61. The first-order chi connectivity index (χ1) is 21.0. The maximum Gasteiger partial charge on any atom is 0.253 e. The summed E-state index contributed by atoms with van der Waals surface area (Å²) in [6.45, 7) is 2.09. The molecule has 0 fully saturated rings. The molecular weight excluding hydrogens is 584 g/mol. The lowest BCUT2D eigenvalue weighted by molar-refractivity contribution is -0.130. The highest BCUT2D eigenvalue weighted by atomic mass is 32.2. The largest absolute Gasteiger partial charge is 0.345 e. The number of hydrogen-bond donors (Lipinski definition) is 1. The fourth-order valence-electron chi connectivity index (χ4n) is 4.86. The second-order valence-electron chi connectivity index (χ2n) is 9.94. The van der Waals surface area contributed by atoms with E-state index in [-0.39, 0.29) is 36.0 Å². The van der Waals surface area contributed by atoms with Gasteiger partial charge in [-0.3, -0.25) is 14.2 Å². The van der Waals surface area contributed by atoms with Gasteiger partial charge in [-0.15, -0.1) is 21.5 Å². The van der Waals surface area contributed by atoms with E-state index in [2.05, 4.69) is 15.5 Å². The Balaban J connectivity index is 1.22. The summed E-state index contributed by atoms with van der Waals surface area (Å²) >= 11 is 2.81. The molecule has 8 nitrogen and oxygen atoms in total. The van der Waals surface area contributed by atoms with E-state index in [1.54, 1.807) is 29.5 Å². The Morgan fingerprint density at radius 1 is 1.00 bits per heavy atom. The molecule has 0 saturated heterocycles. The van der Waals surface area contributed by atoms with Crippen LogP contribution in [0.15, 0.2) is 107 Å². The van der Waals surface area contributed by atoms with Gasteiger partial charge in [0.25, 0.3) is 11.8 Å². The van der Waals surface area contributed by atoms with Crippen molar-refractivity contribution in [2.45, 2.75) is 31.1 Å². The highest BCUT2D eigenvalue weighted by molar-refractivity contribution is 7.99. The zero-order chi connectivity index (χ0) is 29.8. The summed E-state index contributed by atoms with van der Waals surface area (Å²) in [5, 5.41) is 20.4. The molecule has 3 heterocycles. The van der Waals surface area contributed by atoms with Crippen LogP contribution in [-0.2, 0) is 11.3 Å². The summed E-state index contributed by atoms with van der Waals surface area (Å²) in [6.07, 6.45) is 0.535. The van der Waals surface area contributed by atoms with E-state index in [0.29, 0.717) is 23.0 Å². The minimum Gasteiger partial charge on any atom is -0.345 e. The Bertz CT molecular complexity index is 1770. The summed E-state index contributed by atoms with van der Waals surface area (Å²) in [4.78, 5) is 27.5. The molecule has 1 aliphatic rings. The van der Waals surface area contributed by atoms with Crippen molar-refractivity contribution in [1.29, 1.82) is 0 Å². The van der Waals surface area contributed by atoms with Crippen LogP contribution in [-0.4, -0.2) is 43.1 Å². The van der Waals surface area contributed by atoms with E-state index in [1.165, 1.54) is 28.9 Å². The highest BCUT2D eigenvalue weighted by Crippen LogP contribution is 2.35. The number of thiophene rings is 1. The van der Waals surface area contributed by atoms with Crippen molar-refractivity contribution in [3.63, 3.8) is 0 Å². The predicted octanol–water partition coefficient (Wildman–Crippen LogP) is 6.18. The summed E-state index contributed by atoms with van der Waals surface area (Å²) < 4.78 is 15.5. The summed E-state index contributed by atoms with van der Waals surface area (Å²) in [7, 11) is 0. The molecule has 6 rings (SSSR count). The third kappa shape index (κ3) is 6.42. The maximum absolute atomic E-state index is 13.7. The number of aromatic nitrogens is 3. The number of amides is 2. The topological polar surface area (TPSA) is 92.5 Å². The lowest BCUT2D eigenvalue weighted by atomic mass is 10.0. The van der Waals surface area contributed by atoms with Gasteiger partial charge in [0.05, 0.1) is 28.9 Å². The van der Waals surface area contributed by atoms with Crippen molar-refractivity contribution in [3.05, 3.63) is 130 Å². The first-order valence-electron chi connectivity index (χ1n) is 13.6. The Morgan fingerprint density at radius 3 is 2.56 bits per heavy atom. The zero-order valence-electron chi connectivity index (χ0n) is 23.2. The van der Waals surface area contributed by atoms with E-state index < -0.39 is 0 Å². The van der Waals surface area contributed by atoms with Gasteiger partial charge in [-0.2, -0.15) is 5.10 Å². The van der Waals surface area contributed by atoms with Gasteiger partial charge >= 0.3 is 0 Å². The summed E-state index contributed by atoms with van der Waals surface area (Å²) in [5.74, 6) is -0.163. The summed E-state index contributed by atoms with van der Waals surface area (Å²) in [5.41, 5.74) is 4.01. The molecule has 0 bridgehead atoms. The van der Waals surface area contributed by atoms with Crippen molar-refractivity contribution >= 4 is 40.6 Å². The third-order valence-electron chi connectivity index (χ3n) is 6.95. The standard InChI is InChI=1S/C32H27FN6O2S2/c1-21-7-5-8-23(17-21)31(41)34-19-29-35-36-32(38(29)25-9-3-2-4-10-25)43-20-30(40)39-27(22-12-14-24(33)15-13-22)18-26(37-39)28-11-6-16-42-28/h2-17,27H,18-20H2,1H3,(H,34,41). The van der Waals surface area contributed by atoms with Crippen LogP contribution in [0, 0.1) is 12.7 Å². The van der Waals surface area contributed by atoms with Crippen LogP contribution >= 0.6 is 23.1 Å². The molecule has 2 aromatic heterocycles. The number of hydrogen-bond acceptors (Lipinski definition) is 7. The van der Waals surface area contributed by atoms with Gasteiger partial charge in [0, 0.05) is 17.7 Å². The molecule has 43 heavy (non-hydrogen) atoms. The SMILES string of the molecule is Cc1cccc(C(=O)NCc2nnc(SCC(=O)N3N=C(c4cccs4)CC3c3ccc(F)cc3)n2-c2ccccc2)c1. The second kappa shape index (κ2) is 12.7. The number of thioether (sulfide) groups is 1. The molecule has 1 N–H and O–H groups in total. The molecule has 2 amide bonds. The normalized spacial score (nSPS) is 14.5. The van der Waals surface area contributed by atoms with Gasteiger partial charge in [0.1, 0.15) is 5.82 Å². The van der Waals surface area contributed by atoms with Crippen LogP contribution < -0.4 is 5.32 Å². The number of para-hydroxylation sites is 1. The number of nitrogens with one attached hydrogen (secondary N) is 1. The fraction of sp³-hybridized carbons (Fsp3) is 0.156. The first-order valence-corrected chi connectivity index (χ1v) is 15.5. The van der Waals surface area contributed by atoms with Crippen molar-refractivity contribution in [2.75, 3.05) is 5.75 Å². The molecule has 0 saturated carbocycles. The van der Waals surface area contributed by atoms with E-state index in [1.807, 2.05) is 77.5 Å². The quantitative estimate of drug-likeness (QED) is 0.201. The van der Waals surface area contributed by atoms with Gasteiger partial charge in [-0.05, 0) is 60.3 Å². The Labute approximate surface area is 256 Å². The van der Waals surface area contributed by atoms with Crippen LogP contribution in [0.2, 0.25) is 0 Å². The number of carbonyl (C=O) groups is 2. The van der Waals surface area contributed by atoms with Crippen molar-refractivity contribution in [2.24, 2.45) is 5.10 Å². The van der Waals surface area contributed by atoms with E-state index in [9.17, 15) is 14.0 Å². The second-order valence-corrected chi connectivity index (χ2v) is 11.8. The molecule has 0 spiro atoms. The lowest BCUT2D eigenvalue weighted by Crippen LogP contribution is -2.28. The van der Waals surface area contributed by atoms with Crippen LogP contribution in [0.25, 0.3) is 5.69 Å². The Kier molecular flexibility index (Phi) is 8.43. The fourth-order valence-corrected chi connectivity index (χ4v) is 6.41. The van der Waals surface area contributed by atoms with Gasteiger partial charge in [0.2, 0.25) is 0 Å². The van der Waals surface area contributed by atoms with Gasteiger partial charge < -0.3 is 5.32 Å². The summed E-state index contributed by atoms with van der Waals surface area (Å²) in [6, 6.07) is 26.7. The molecule has 0 radical (unpaired) electrons. The monoisotopic (exact) mass is 610 g/mol.